The lowest BCUT2D eigenvalue weighted by atomic mass is 9.95. The summed E-state index contributed by atoms with van der Waals surface area (Å²) >= 11 is 0. The summed E-state index contributed by atoms with van der Waals surface area (Å²) in [5.41, 5.74) is 6.10. The Bertz CT molecular complexity index is 525. The van der Waals surface area contributed by atoms with E-state index in [1.165, 1.54) is 24.3 Å². The molecule has 2 rings (SSSR count). The number of hydrogen-bond acceptors (Lipinski definition) is 3. The topological polar surface area (TPSA) is 75.4 Å². The second-order valence-electron chi connectivity index (χ2n) is 5.73. The van der Waals surface area contributed by atoms with E-state index in [2.05, 4.69) is 5.32 Å². The monoisotopic (exact) mass is 307 g/mol. The van der Waals surface area contributed by atoms with E-state index in [1.807, 2.05) is 6.92 Å². The molecule has 0 radical (unpaired) electrons. The summed E-state index contributed by atoms with van der Waals surface area (Å²) in [6.45, 7) is 3.30. The van der Waals surface area contributed by atoms with Crippen LogP contribution in [-0.2, 0) is 9.59 Å². The SMILES string of the molecule is CC(CN)C(=O)N1CCC(C(=O)Nc2ccc(F)cc2)CC1. The molecule has 0 spiro atoms. The Morgan fingerprint density at radius 2 is 1.91 bits per heavy atom. The summed E-state index contributed by atoms with van der Waals surface area (Å²) in [4.78, 5) is 26.0. The van der Waals surface area contributed by atoms with Crippen LogP contribution in [0.1, 0.15) is 19.8 Å². The van der Waals surface area contributed by atoms with E-state index < -0.39 is 0 Å². The first-order valence-corrected chi connectivity index (χ1v) is 7.56. The molecule has 0 aliphatic carbocycles. The largest absolute Gasteiger partial charge is 0.342 e. The highest BCUT2D eigenvalue weighted by atomic mass is 19.1. The van der Waals surface area contributed by atoms with Crippen LogP contribution in [0.2, 0.25) is 0 Å². The molecule has 0 aromatic heterocycles. The maximum absolute atomic E-state index is 12.8. The molecule has 1 aromatic carbocycles. The third kappa shape index (κ3) is 4.04. The van der Waals surface area contributed by atoms with Gasteiger partial charge in [-0.25, -0.2) is 4.39 Å². The number of anilines is 1. The first-order chi connectivity index (χ1) is 10.5. The van der Waals surface area contributed by atoms with Crippen molar-refractivity contribution in [2.75, 3.05) is 25.0 Å². The van der Waals surface area contributed by atoms with Crippen molar-refractivity contribution < 1.29 is 14.0 Å². The molecular formula is C16H22FN3O2. The van der Waals surface area contributed by atoms with Gasteiger partial charge in [-0.2, -0.15) is 0 Å². The molecule has 3 N–H and O–H groups in total. The second kappa shape index (κ2) is 7.35. The molecule has 1 saturated heterocycles. The highest BCUT2D eigenvalue weighted by Crippen LogP contribution is 2.21. The highest BCUT2D eigenvalue weighted by Gasteiger charge is 2.28. The minimum absolute atomic E-state index is 0.0555. The van der Waals surface area contributed by atoms with Crippen LogP contribution in [-0.4, -0.2) is 36.3 Å². The van der Waals surface area contributed by atoms with E-state index in [4.69, 9.17) is 5.73 Å². The summed E-state index contributed by atoms with van der Waals surface area (Å²) in [5.74, 6) is -0.656. The maximum atomic E-state index is 12.8. The quantitative estimate of drug-likeness (QED) is 0.887. The van der Waals surface area contributed by atoms with E-state index in [9.17, 15) is 14.0 Å². The third-order valence-electron chi connectivity index (χ3n) is 4.06. The number of amides is 2. The van der Waals surface area contributed by atoms with E-state index in [1.54, 1.807) is 4.90 Å². The molecular weight excluding hydrogens is 285 g/mol. The number of benzene rings is 1. The highest BCUT2D eigenvalue weighted by molar-refractivity contribution is 5.92. The Morgan fingerprint density at radius 1 is 1.32 bits per heavy atom. The average molecular weight is 307 g/mol. The summed E-state index contributed by atoms with van der Waals surface area (Å²) in [5, 5.41) is 2.79. The summed E-state index contributed by atoms with van der Waals surface area (Å²) in [6.07, 6.45) is 1.27. The normalized spacial score (nSPS) is 17.1. The van der Waals surface area contributed by atoms with Crippen molar-refractivity contribution in [3.8, 4) is 0 Å². The Morgan fingerprint density at radius 3 is 2.45 bits per heavy atom. The fraction of sp³-hybridized carbons (Fsp3) is 0.500. The second-order valence-corrected chi connectivity index (χ2v) is 5.73. The van der Waals surface area contributed by atoms with Crippen LogP contribution in [0.15, 0.2) is 24.3 Å². The molecule has 1 aromatic rings. The van der Waals surface area contributed by atoms with E-state index in [0.717, 1.165) is 0 Å². The number of carbonyl (C=O) groups is 2. The van der Waals surface area contributed by atoms with Crippen molar-refractivity contribution in [1.82, 2.24) is 4.90 Å². The van der Waals surface area contributed by atoms with Crippen LogP contribution in [0.3, 0.4) is 0 Å². The van der Waals surface area contributed by atoms with Gasteiger partial charge in [0.2, 0.25) is 11.8 Å². The Labute approximate surface area is 129 Å². The van der Waals surface area contributed by atoms with Gasteiger partial charge in [0.05, 0.1) is 0 Å². The number of nitrogens with one attached hydrogen (secondary N) is 1. The molecule has 1 fully saturated rings. The lowest BCUT2D eigenvalue weighted by molar-refractivity contribution is -0.137. The molecule has 5 nitrogen and oxygen atoms in total. The van der Waals surface area contributed by atoms with Crippen LogP contribution >= 0.6 is 0 Å². The zero-order valence-electron chi connectivity index (χ0n) is 12.7. The predicted molar refractivity (Wildman–Crippen MR) is 82.6 cm³/mol. The number of nitrogens with two attached hydrogens (primary N) is 1. The zero-order valence-corrected chi connectivity index (χ0v) is 12.7. The van der Waals surface area contributed by atoms with Gasteiger partial charge >= 0.3 is 0 Å². The van der Waals surface area contributed by atoms with Gasteiger partial charge in [-0.15, -0.1) is 0 Å². The van der Waals surface area contributed by atoms with Crippen molar-refractivity contribution in [3.63, 3.8) is 0 Å². The van der Waals surface area contributed by atoms with Crippen LogP contribution in [0.5, 0.6) is 0 Å². The molecule has 1 unspecified atom stereocenters. The number of likely N-dealkylation sites (tertiary alicyclic amines) is 1. The van der Waals surface area contributed by atoms with Gasteiger partial charge in [-0.1, -0.05) is 6.92 Å². The number of rotatable bonds is 4. The number of halogens is 1. The van der Waals surface area contributed by atoms with Gasteiger partial charge in [0, 0.05) is 37.2 Å². The molecule has 1 aliphatic rings. The van der Waals surface area contributed by atoms with Gasteiger partial charge in [0.15, 0.2) is 0 Å². The fourth-order valence-electron chi connectivity index (χ4n) is 2.55. The van der Waals surface area contributed by atoms with Crippen LogP contribution in [0.4, 0.5) is 10.1 Å². The van der Waals surface area contributed by atoms with Gasteiger partial charge in [-0.05, 0) is 37.1 Å². The van der Waals surface area contributed by atoms with Gasteiger partial charge < -0.3 is 16.0 Å². The van der Waals surface area contributed by atoms with Crippen molar-refractivity contribution in [2.24, 2.45) is 17.6 Å². The van der Waals surface area contributed by atoms with Gasteiger partial charge in [-0.3, -0.25) is 9.59 Å². The summed E-state index contributed by atoms with van der Waals surface area (Å²) in [6, 6.07) is 5.69. The Hall–Kier alpha value is -1.95. The number of hydrogen-bond donors (Lipinski definition) is 2. The van der Waals surface area contributed by atoms with E-state index >= 15 is 0 Å². The van der Waals surface area contributed by atoms with Crippen LogP contribution < -0.4 is 11.1 Å². The molecule has 0 bridgehead atoms. The number of piperidine rings is 1. The van der Waals surface area contributed by atoms with Gasteiger partial charge in [0.1, 0.15) is 5.82 Å². The zero-order chi connectivity index (χ0) is 16.1. The van der Waals surface area contributed by atoms with Gasteiger partial charge in [0.25, 0.3) is 0 Å². The average Bonchev–Trinajstić information content (AvgIpc) is 2.55. The maximum Gasteiger partial charge on any atom is 0.227 e. The summed E-state index contributed by atoms with van der Waals surface area (Å²) in [7, 11) is 0. The molecule has 6 heteroatoms. The molecule has 22 heavy (non-hydrogen) atoms. The number of carbonyl (C=O) groups excluding carboxylic acids is 2. The van der Waals surface area contributed by atoms with E-state index in [0.29, 0.717) is 38.2 Å². The van der Waals surface area contributed by atoms with Crippen molar-refractivity contribution >= 4 is 17.5 Å². The molecule has 2 amide bonds. The third-order valence-corrected chi connectivity index (χ3v) is 4.06. The smallest absolute Gasteiger partial charge is 0.227 e. The standard InChI is InChI=1S/C16H22FN3O2/c1-11(10-18)16(22)20-8-6-12(7-9-20)15(21)19-14-4-2-13(17)3-5-14/h2-5,11-12H,6-10,18H2,1H3,(H,19,21). The predicted octanol–water partition coefficient (Wildman–Crippen LogP) is 1.60. The Balaban J connectivity index is 1.84. The van der Waals surface area contributed by atoms with Crippen LogP contribution in [0.25, 0.3) is 0 Å². The molecule has 1 heterocycles. The fourth-order valence-corrected chi connectivity index (χ4v) is 2.55. The van der Waals surface area contributed by atoms with Crippen LogP contribution in [0, 0.1) is 17.7 Å². The van der Waals surface area contributed by atoms with E-state index in [-0.39, 0.29) is 29.5 Å². The molecule has 1 aliphatic heterocycles. The van der Waals surface area contributed by atoms with Crippen molar-refractivity contribution in [1.29, 1.82) is 0 Å². The number of nitrogens with zero attached hydrogens (tertiary/aromatic N) is 1. The minimum atomic E-state index is -0.334. The lowest BCUT2D eigenvalue weighted by Gasteiger charge is -2.32. The van der Waals surface area contributed by atoms with Crippen molar-refractivity contribution in [3.05, 3.63) is 30.1 Å². The molecule has 120 valence electrons. The minimum Gasteiger partial charge on any atom is -0.342 e. The Kier molecular flexibility index (Phi) is 5.49. The molecule has 0 saturated carbocycles. The first-order valence-electron chi connectivity index (χ1n) is 7.56. The summed E-state index contributed by atoms with van der Waals surface area (Å²) < 4.78 is 12.8. The lowest BCUT2D eigenvalue weighted by Crippen LogP contribution is -2.44. The molecule has 1 atom stereocenters. The van der Waals surface area contributed by atoms with Crippen molar-refractivity contribution in [2.45, 2.75) is 19.8 Å². The first kappa shape index (κ1) is 16.4.